The highest BCUT2D eigenvalue weighted by atomic mass is 79.9. The number of halogens is 1. The molecule has 0 saturated carbocycles. The van der Waals surface area contributed by atoms with Gasteiger partial charge in [-0.2, -0.15) is 0 Å². The Kier molecular flexibility index (Phi) is 6.83. The van der Waals surface area contributed by atoms with Crippen LogP contribution in [-0.4, -0.2) is 23.9 Å². The maximum absolute atomic E-state index is 10.3. The van der Waals surface area contributed by atoms with Crippen molar-refractivity contribution in [1.82, 2.24) is 5.32 Å². The number of rotatable bonds is 8. The van der Waals surface area contributed by atoms with Crippen LogP contribution in [0, 0.1) is 0 Å². The van der Waals surface area contributed by atoms with Gasteiger partial charge in [-0.25, -0.2) is 0 Å². The predicted molar refractivity (Wildman–Crippen MR) is 82.5 cm³/mol. The van der Waals surface area contributed by atoms with E-state index in [9.17, 15) is 5.11 Å². The van der Waals surface area contributed by atoms with Crippen molar-refractivity contribution >= 4 is 15.9 Å². The third-order valence-electron chi connectivity index (χ3n) is 3.40. The summed E-state index contributed by atoms with van der Waals surface area (Å²) in [4.78, 5) is 0. The first-order valence-corrected chi connectivity index (χ1v) is 7.68. The van der Waals surface area contributed by atoms with Crippen molar-refractivity contribution in [3.8, 4) is 5.75 Å². The van der Waals surface area contributed by atoms with E-state index in [4.69, 9.17) is 4.74 Å². The summed E-state index contributed by atoms with van der Waals surface area (Å²) in [7, 11) is 0. The Morgan fingerprint density at radius 3 is 2.53 bits per heavy atom. The Morgan fingerprint density at radius 1 is 1.26 bits per heavy atom. The van der Waals surface area contributed by atoms with Gasteiger partial charge in [0.25, 0.3) is 0 Å². The van der Waals surface area contributed by atoms with Crippen LogP contribution in [-0.2, 0) is 6.54 Å². The molecule has 0 saturated heterocycles. The van der Waals surface area contributed by atoms with Gasteiger partial charge in [-0.1, -0.05) is 36.7 Å². The molecule has 0 atom stereocenters. The molecule has 0 spiro atoms. The van der Waals surface area contributed by atoms with Crippen LogP contribution in [0.25, 0.3) is 0 Å². The topological polar surface area (TPSA) is 41.5 Å². The van der Waals surface area contributed by atoms with Gasteiger partial charge in [0.05, 0.1) is 5.60 Å². The van der Waals surface area contributed by atoms with Gasteiger partial charge in [-0.05, 0) is 37.6 Å². The Morgan fingerprint density at radius 2 is 1.95 bits per heavy atom. The minimum absolute atomic E-state index is 0.334. The van der Waals surface area contributed by atoms with E-state index < -0.39 is 5.60 Å². The van der Waals surface area contributed by atoms with Gasteiger partial charge in [0.2, 0.25) is 0 Å². The van der Waals surface area contributed by atoms with E-state index in [1.165, 1.54) is 0 Å². The quantitative estimate of drug-likeness (QED) is 0.767. The summed E-state index contributed by atoms with van der Waals surface area (Å²) in [6.07, 6.45) is 1.39. The molecule has 0 aromatic heterocycles. The summed E-state index contributed by atoms with van der Waals surface area (Å²) in [5.74, 6) is 0.837. The van der Waals surface area contributed by atoms with Gasteiger partial charge < -0.3 is 15.2 Å². The molecule has 0 radical (unpaired) electrons. The van der Waals surface area contributed by atoms with E-state index >= 15 is 0 Å². The molecule has 0 unspecified atom stereocenters. The fraction of sp³-hybridized carbons (Fsp3) is 0.600. The Hall–Kier alpha value is -0.580. The zero-order valence-corrected chi connectivity index (χ0v) is 13.6. The standard InChI is InChI=1S/C15H24BrNO2/c1-4-15(18,5-2)11-19-14-8-7-13(16)9-12(14)10-17-6-3/h7-9,17-18H,4-6,10-11H2,1-3H3. The zero-order chi connectivity index (χ0) is 14.3. The van der Waals surface area contributed by atoms with Crippen LogP contribution in [0.1, 0.15) is 39.2 Å². The molecule has 1 aromatic carbocycles. The van der Waals surface area contributed by atoms with Crippen LogP contribution in [0.3, 0.4) is 0 Å². The largest absolute Gasteiger partial charge is 0.490 e. The molecule has 19 heavy (non-hydrogen) atoms. The Labute approximate surface area is 124 Å². The lowest BCUT2D eigenvalue weighted by atomic mass is 9.99. The van der Waals surface area contributed by atoms with Crippen molar-refractivity contribution in [2.75, 3.05) is 13.2 Å². The Bertz CT molecular complexity index is 392. The van der Waals surface area contributed by atoms with E-state index in [0.717, 1.165) is 28.9 Å². The van der Waals surface area contributed by atoms with Crippen molar-refractivity contribution in [2.24, 2.45) is 0 Å². The third-order valence-corrected chi connectivity index (χ3v) is 3.89. The molecule has 2 N–H and O–H groups in total. The lowest BCUT2D eigenvalue weighted by Gasteiger charge is -2.25. The first-order valence-electron chi connectivity index (χ1n) is 6.89. The molecular weight excluding hydrogens is 306 g/mol. The van der Waals surface area contributed by atoms with E-state index in [1.807, 2.05) is 26.0 Å². The maximum Gasteiger partial charge on any atom is 0.124 e. The fourth-order valence-corrected chi connectivity index (χ4v) is 2.16. The molecule has 0 heterocycles. The van der Waals surface area contributed by atoms with E-state index in [2.05, 4.69) is 34.2 Å². The SMILES string of the molecule is CCNCc1cc(Br)ccc1OCC(O)(CC)CC. The summed E-state index contributed by atoms with van der Waals surface area (Å²) in [5, 5.41) is 13.6. The zero-order valence-electron chi connectivity index (χ0n) is 12.0. The van der Waals surface area contributed by atoms with Gasteiger partial charge in [-0.3, -0.25) is 0 Å². The van der Waals surface area contributed by atoms with E-state index in [1.54, 1.807) is 0 Å². The average Bonchev–Trinajstić information content (AvgIpc) is 2.43. The van der Waals surface area contributed by atoms with E-state index in [-0.39, 0.29) is 0 Å². The molecule has 0 bridgehead atoms. The minimum atomic E-state index is -0.734. The smallest absolute Gasteiger partial charge is 0.124 e. The lowest BCUT2D eigenvalue weighted by molar-refractivity contribution is -0.0116. The molecule has 108 valence electrons. The molecular formula is C15H24BrNO2. The number of ether oxygens (including phenoxy) is 1. The molecule has 0 aliphatic carbocycles. The summed E-state index contributed by atoms with van der Waals surface area (Å²) >= 11 is 3.47. The fourth-order valence-electron chi connectivity index (χ4n) is 1.75. The number of benzene rings is 1. The van der Waals surface area contributed by atoms with Crippen molar-refractivity contribution in [3.05, 3.63) is 28.2 Å². The summed E-state index contributed by atoms with van der Waals surface area (Å²) in [5.41, 5.74) is 0.369. The number of aliphatic hydroxyl groups is 1. The average molecular weight is 330 g/mol. The molecule has 1 aromatic rings. The molecule has 0 fully saturated rings. The molecule has 0 aliphatic heterocycles. The summed E-state index contributed by atoms with van der Waals surface area (Å²) in [6.45, 7) is 8.05. The van der Waals surface area contributed by atoms with Crippen LogP contribution in [0.5, 0.6) is 5.75 Å². The number of hydrogen-bond acceptors (Lipinski definition) is 3. The number of nitrogens with one attached hydrogen (secondary N) is 1. The molecule has 4 heteroatoms. The highest BCUT2D eigenvalue weighted by molar-refractivity contribution is 9.10. The monoisotopic (exact) mass is 329 g/mol. The highest BCUT2D eigenvalue weighted by Crippen LogP contribution is 2.25. The van der Waals surface area contributed by atoms with Gasteiger partial charge in [0.1, 0.15) is 12.4 Å². The predicted octanol–water partition coefficient (Wildman–Crippen LogP) is 3.49. The van der Waals surface area contributed by atoms with E-state index in [0.29, 0.717) is 19.4 Å². The highest BCUT2D eigenvalue weighted by Gasteiger charge is 2.23. The van der Waals surface area contributed by atoms with Crippen LogP contribution < -0.4 is 10.1 Å². The normalized spacial score (nSPS) is 11.6. The van der Waals surface area contributed by atoms with Gasteiger partial charge in [0, 0.05) is 16.6 Å². The summed E-state index contributed by atoms with van der Waals surface area (Å²) in [6, 6.07) is 5.96. The van der Waals surface area contributed by atoms with Crippen molar-refractivity contribution < 1.29 is 9.84 Å². The second kappa shape index (κ2) is 7.88. The Balaban J connectivity index is 2.76. The molecule has 0 amide bonds. The second-order valence-electron chi connectivity index (χ2n) is 4.75. The molecule has 1 rings (SSSR count). The minimum Gasteiger partial charge on any atom is -0.490 e. The van der Waals surface area contributed by atoms with Crippen LogP contribution >= 0.6 is 15.9 Å². The van der Waals surface area contributed by atoms with Crippen molar-refractivity contribution in [3.63, 3.8) is 0 Å². The van der Waals surface area contributed by atoms with Crippen molar-refractivity contribution in [2.45, 2.75) is 45.8 Å². The van der Waals surface area contributed by atoms with Gasteiger partial charge in [-0.15, -0.1) is 0 Å². The summed E-state index contributed by atoms with van der Waals surface area (Å²) < 4.78 is 6.86. The third kappa shape index (κ3) is 5.13. The lowest BCUT2D eigenvalue weighted by Crippen LogP contribution is -2.34. The van der Waals surface area contributed by atoms with Crippen molar-refractivity contribution in [1.29, 1.82) is 0 Å². The van der Waals surface area contributed by atoms with Gasteiger partial charge in [0.15, 0.2) is 0 Å². The molecule has 3 nitrogen and oxygen atoms in total. The van der Waals surface area contributed by atoms with Gasteiger partial charge >= 0.3 is 0 Å². The second-order valence-corrected chi connectivity index (χ2v) is 5.67. The first kappa shape index (κ1) is 16.5. The first-order chi connectivity index (χ1) is 9.04. The maximum atomic E-state index is 10.3. The van der Waals surface area contributed by atoms with Crippen LogP contribution in [0.4, 0.5) is 0 Å². The van der Waals surface area contributed by atoms with Crippen LogP contribution in [0.2, 0.25) is 0 Å². The number of hydrogen-bond donors (Lipinski definition) is 2. The van der Waals surface area contributed by atoms with Crippen LogP contribution in [0.15, 0.2) is 22.7 Å². The molecule has 0 aliphatic rings.